The SMILES string of the molecule is O=C(c1ccccc1F)N1CCN(c2nccn2-c2ccccc2F)CC1. The molecule has 3 aromatic rings. The fraction of sp³-hybridized carbons (Fsp3) is 0.200. The maximum atomic E-state index is 14.1. The van der Waals surface area contributed by atoms with Crippen LogP contribution in [0.4, 0.5) is 14.7 Å². The molecule has 0 aliphatic carbocycles. The van der Waals surface area contributed by atoms with Crippen molar-refractivity contribution in [2.24, 2.45) is 0 Å². The van der Waals surface area contributed by atoms with Crippen molar-refractivity contribution in [1.82, 2.24) is 14.5 Å². The van der Waals surface area contributed by atoms with E-state index in [-0.39, 0.29) is 17.3 Å². The molecule has 0 spiro atoms. The fourth-order valence-electron chi connectivity index (χ4n) is 3.28. The average molecular weight is 368 g/mol. The van der Waals surface area contributed by atoms with E-state index in [9.17, 15) is 13.6 Å². The minimum atomic E-state index is -0.514. The van der Waals surface area contributed by atoms with Gasteiger partial charge in [0.2, 0.25) is 5.95 Å². The number of hydrogen-bond donors (Lipinski definition) is 0. The van der Waals surface area contributed by atoms with Crippen LogP contribution in [0.3, 0.4) is 0 Å². The Labute approximate surface area is 155 Å². The molecule has 0 bridgehead atoms. The van der Waals surface area contributed by atoms with E-state index >= 15 is 0 Å². The third-order valence-corrected chi connectivity index (χ3v) is 4.69. The molecule has 1 amide bonds. The maximum absolute atomic E-state index is 14.1. The van der Waals surface area contributed by atoms with Crippen LogP contribution in [0, 0.1) is 11.6 Å². The van der Waals surface area contributed by atoms with Crippen molar-refractivity contribution in [3.05, 3.63) is 78.1 Å². The van der Waals surface area contributed by atoms with Gasteiger partial charge in [0.05, 0.1) is 11.3 Å². The molecule has 2 aromatic carbocycles. The summed E-state index contributed by atoms with van der Waals surface area (Å²) in [5.74, 6) is -0.534. The van der Waals surface area contributed by atoms with Gasteiger partial charge in [0, 0.05) is 38.6 Å². The minimum Gasteiger partial charge on any atom is -0.338 e. The number of hydrogen-bond acceptors (Lipinski definition) is 3. The van der Waals surface area contributed by atoms with Gasteiger partial charge in [0.25, 0.3) is 5.91 Å². The van der Waals surface area contributed by atoms with Crippen LogP contribution in [-0.4, -0.2) is 46.5 Å². The summed E-state index contributed by atoms with van der Waals surface area (Å²) in [7, 11) is 0. The van der Waals surface area contributed by atoms with Gasteiger partial charge in [0.15, 0.2) is 0 Å². The summed E-state index contributed by atoms with van der Waals surface area (Å²) in [5.41, 5.74) is 0.508. The molecule has 7 heteroatoms. The number of halogens is 2. The molecule has 0 saturated carbocycles. The first-order valence-corrected chi connectivity index (χ1v) is 8.72. The van der Waals surface area contributed by atoms with E-state index in [1.165, 1.54) is 18.2 Å². The zero-order chi connectivity index (χ0) is 18.8. The molecule has 5 nitrogen and oxygen atoms in total. The quantitative estimate of drug-likeness (QED) is 0.713. The molecular formula is C20H18F2N4O. The molecule has 1 saturated heterocycles. The van der Waals surface area contributed by atoms with Crippen LogP contribution in [0.2, 0.25) is 0 Å². The molecule has 1 aliphatic rings. The second-order valence-corrected chi connectivity index (χ2v) is 6.31. The van der Waals surface area contributed by atoms with Gasteiger partial charge in [-0.2, -0.15) is 0 Å². The molecule has 0 N–H and O–H groups in total. The lowest BCUT2D eigenvalue weighted by atomic mass is 10.1. The Morgan fingerprint density at radius 3 is 2.26 bits per heavy atom. The van der Waals surface area contributed by atoms with Crippen LogP contribution in [-0.2, 0) is 0 Å². The summed E-state index contributed by atoms with van der Waals surface area (Å²) in [4.78, 5) is 20.5. The Morgan fingerprint density at radius 2 is 1.56 bits per heavy atom. The number of nitrogens with zero attached hydrogens (tertiary/aromatic N) is 4. The van der Waals surface area contributed by atoms with E-state index in [1.54, 1.807) is 52.2 Å². The molecule has 0 radical (unpaired) electrons. The van der Waals surface area contributed by atoms with Crippen LogP contribution in [0.15, 0.2) is 60.9 Å². The molecule has 27 heavy (non-hydrogen) atoms. The predicted octanol–water partition coefficient (Wildman–Crippen LogP) is 3.11. The van der Waals surface area contributed by atoms with Crippen molar-refractivity contribution in [3.63, 3.8) is 0 Å². The molecular weight excluding hydrogens is 350 g/mol. The van der Waals surface area contributed by atoms with E-state index in [1.807, 2.05) is 4.90 Å². The molecule has 1 aliphatic heterocycles. The summed E-state index contributed by atoms with van der Waals surface area (Å²) in [6, 6.07) is 12.5. The number of benzene rings is 2. The van der Waals surface area contributed by atoms with Crippen LogP contribution in [0.25, 0.3) is 5.69 Å². The third kappa shape index (κ3) is 3.28. The second kappa shape index (κ2) is 7.19. The number of carbonyl (C=O) groups is 1. The molecule has 1 fully saturated rings. The average Bonchev–Trinajstić information content (AvgIpc) is 3.18. The number of rotatable bonds is 3. The van der Waals surface area contributed by atoms with Gasteiger partial charge in [-0.1, -0.05) is 24.3 Å². The smallest absolute Gasteiger partial charge is 0.256 e. The Morgan fingerprint density at radius 1 is 0.889 bits per heavy atom. The Bertz CT molecular complexity index is 964. The lowest BCUT2D eigenvalue weighted by molar-refractivity contribution is 0.0741. The highest BCUT2D eigenvalue weighted by atomic mass is 19.1. The normalized spacial score (nSPS) is 14.4. The zero-order valence-corrected chi connectivity index (χ0v) is 14.6. The minimum absolute atomic E-state index is 0.0822. The van der Waals surface area contributed by atoms with Crippen molar-refractivity contribution < 1.29 is 13.6 Å². The van der Waals surface area contributed by atoms with E-state index in [0.29, 0.717) is 37.8 Å². The molecule has 0 atom stereocenters. The van der Waals surface area contributed by atoms with E-state index in [0.717, 1.165) is 0 Å². The van der Waals surface area contributed by atoms with E-state index in [2.05, 4.69) is 4.98 Å². The van der Waals surface area contributed by atoms with Gasteiger partial charge >= 0.3 is 0 Å². The fourth-order valence-corrected chi connectivity index (χ4v) is 3.28. The third-order valence-electron chi connectivity index (χ3n) is 4.69. The highest BCUT2D eigenvalue weighted by Gasteiger charge is 2.26. The standard InChI is InChI=1S/C20H18F2N4O/c21-16-6-2-1-5-15(16)19(27)24-11-13-25(14-12-24)20-23-9-10-26(20)18-8-4-3-7-17(18)22/h1-10H,11-14H2. The molecule has 1 aromatic heterocycles. The summed E-state index contributed by atoms with van der Waals surface area (Å²) in [6.07, 6.45) is 3.34. The van der Waals surface area contributed by atoms with Crippen LogP contribution < -0.4 is 4.90 Å². The van der Waals surface area contributed by atoms with Gasteiger partial charge in [-0.15, -0.1) is 0 Å². The molecule has 4 rings (SSSR count). The maximum Gasteiger partial charge on any atom is 0.256 e. The van der Waals surface area contributed by atoms with Crippen molar-refractivity contribution in [2.75, 3.05) is 31.1 Å². The number of aromatic nitrogens is 2. The van der Waals surface area contributed by atoms with Crippen LogP contribution in [0.1, 0.15) is 10.4 Å². The van der Waals surface area contributed by atoms with Crippen molar-refractivity contribution in [1.29, 1.82) is 0 Å². The summed E-state index contributed by atoms with van der Waals surface area (Å²) < 4.78 is 29.7. The lowest BCUT2D eigenvalue weighted by Gasteiger charge is -2.35. The lowest BCUT2D eigenvalue weighted by Crippen LogP contribution is -2.49. The van der Waals surface area contributed by atoms with E-state index < -0.39 is 5.82 Å². The largest absolute Gasteiger partial charge is 0.338 e. The van der Waals surface area contributed by atoms with Gasteiger partial charge in [-0.3, -0.25) is 9.36 Å². The first kappa shape index (κ1) is 17.2. The van der Waals surface area contributed by atoms with Crippen molar-refractivity contribution in [3.8, 4) is 5.69 Å². The Balaban J connectivity index is 1.50. The monoisotopic (exact) mass is 368 g/mol. The Hall–Kier alpha value is -3.22. The second-order valence-electron chi connectivity index (χ2n) is 6.31. The van der Waals surface area contributed by atoms with Gasteiger partial charge in [-0.05, 0) is 24.3 Å². The molecule has 2 heterocycles. The van der Waals surface area contributed by atoms with Crippen LogP contribution in [0.5, 0.6) is 0 Å². The number of para-hydroxylation sites is 1. The Kier molecular flexibility index (Phi) is 4.58. The van der Waals surface area contributed by atoms with Gasteiger partial charge < -0.3 is 9.80 Å². The highest BCUT2D eigenvalue weighted by Crippen LogP contribution is 2.22. The van der Waals surface area contributed by atoms with Gasteiger partial charge in [0.1, 0.15) is 11.6 Å². The zero-order valence-electron chi connectivity index (χ0n) is 14.6. The summed E-state index contributed by atoms with van der Waals surface area (Å²) in [6.45, 7) is 1.95. The topological polar surface area (TPSA) is 41.4 Å². The molecule has 0 unspecified atom stereocenters. The molecule has 138 valence electrons. The number of imidazole rings is 1. The number of amides is 1. The number of anilines is 1. The predicted molar refractivity (Wildman–Crippen MR) is 98.0 cm³/mol. The summed E-state index contributed by atoms with van der Waals surface area (Å²) in [5, 5.41) is 0. The number of carbonyl (C=O) groups excluding carboxylic acids is 1. The van der Waals surface area contributed by atoms with Crippen LogP contribution >= 0.6 is 0 Å². The number of piperazine rings is 1. The highest BCUT2D eigenvalue weighted by molar-refractivity contribution is 5.94. The van der Waals surface area contributed by atoms with Gasteiger partial charge in [-0.25, -0.2) is 13.8 Å². The first-order valence-electron chi connectivity index (χ1n) is 8.72. The first-order chi connectivity index (χ1) is 13.1. The summed E-state index contributed by atoms with van der Waals surface area (Å²) >= 11 is 0. The van der Waals surface area contributed by atoms with E-state index in [4.69, 9.17) is 0 Å². The van der Waals surface area contributed by atoms with Crippen molar-refractivity contribution >= 4 is 11.9 Å². The van der Waals surface area contributed by atoms with Crippen molar-refractivity contribution in [2.45, 2.75) is 0 Å².